The standard InChI is InChI=1S/C14H22N2O4S.ClH/c1-11(10-15-2)14(17)16-8-9-20-12-4-6-13(7-5-12)21(3,18)19;/h4-7,11,15H,8-10H2,1-3H3,(H,16,17);1H. The first-order valence-corrected chi connectivity index (χ1v) is 8.59. The van der Waals surface area contributed by atoms with Crippen molar-refractivity contribution >= 4 is 28.2 Å². The molecule has 1 aromatic carbocycles. The number of rotatable bonds is 8. The van der Waals surface area contributed by atoms with E-state index < -0.39 is 9.84 Å². The van der Waals surface area contributed by atoms with E-state index >= 15 is 0 Å². The summed E-state index contributed by atoms with van der Waals surface area (Å²) in [5.41, 5.74) is 0. The minimum Gasteiger partial charge on any atom is -0.492 e. The fraction of sp³-hybridized carbons (Fsp3) is 0.500. The number of sulfone groups is 1. The van der Waals surface area contributed by atoms with Crippen LogP contribution in [-0.2, 0) is 14.6 Å². The van der Waals surface area contributed by atoms with E-state index in [-0.39, 0.29) is 29.1 Å². The van der Waals surface area contributed by atoms with E-state index in [9.17, 15) is 13.2 Å². The van der Waals surface area contributed by atoms with Gasteiger partial charge < -0.3 is 15.4 Å². The number of carbonyl (C=O) groups is 1. The number of halogens is 1. The summed E-state index contributed by atoms with van der Waals surface area (Å²) < 4.78 is 28.0. The Balaban J connectivity index is 0.00000441. The molecule has 0 fully saturated rings. The summed E-state index contributed by atoms with van der Waals surface area (Å²) in [5.74, 6) is 0.448. The van der Waals surface area contributed by atoms with E-state index in [4.69, 9.17) is 4.74 Å². The van der Waals surface area contributed by atoms with E-state index in [1.807, 2.05) is 6.92 Å². The van der Waals surface area contributed by atoms with Gasteiger partial charge in [-0.25, -0.2) is 8.42 Å². The third kappa shape index (κ3) is 7.11. The molecule has 0 bridgehead atoms. The third-order valence-electron chi connectivity index (χ3n) is 2.88. The highest BCUT2D eigenvalue weighted by Crippen LogP contribution is 2.15. The molecule has 0 aliphatic heterocycles. The molecule has 126 valence electrons. The van der Waals surface area contributed by atoms with Crippen molar-refractivity contribution in [2.24, 2.45) is 5.92 Å². The van der Waals surface area contributed by atoms with Gasteiger partial charge in [-0.05, 0) is 31.3 Å². The highest BCUT2D eigenvalue weighted by molar-refractivity contribution is 7.90. The molecule has 0 heterocycles. The zero-order valence-electron chi connectivity index (χ0n) is 13.0. The Morgan fingerprint density at radius 2 is 1.86 bits per heavy atom. The van der Waals surface area contributed by atoms with Gasteiger partial charge in [0, 0.05) is 18.7 Å². The monoisotopic (exact) mass is 350 g/mol. The van der Waals surface area contributed by atoms with Gasteiger partial charge in [0.05, 0.1) is 11.4 Å². The summed E-state index contributed by atoms with van der Waals surface area (Å²) in [4.78, 5) is 11.9. The molecule has 1 unspecified atom stereocenters. The highest BCUT2D eigenvalue weighted by atomic mass is 35.5. The van der Waals surface area contributed by atoms with E-state index in [1.165, 1.54) is 12.1 Å². The highest BCUT2D eigenvalue weighted by Gasteiger charge is 2.10. The normalized spacial score (nSPS) is 12.1. The van der Waals surface area contributed by atoms with Gasteiger partial charge in [0.25, 0.3) is 0 Å². The fourth-order valence-corrected chi connectivity index (χ4v) is 2.33. The molecule has 1 rings (SSSR count). The predicted molar refractivity (Wildman–Crippen MR) is 88.4 cm³/mol. The summed E-state index contributed by atoms with van der Waals surface area (Å²) in [7, 11) is -1.39. The van der Waals surface area contributed by atoms with Gasteiger partial charge in [-0.2, -0.15) is 0 Å². The van der Waals surface area contributed by atoms with E-state index in [0.717, 1.165) is 6.26 Å². The molecule has 8 heteroatoms. The SMILES string of the molecule is CNCC(C)C(=O)NCCOc1ccc(S(C)(=O)=O)cc1.Cl. The molecule has 0 saturated heterocycles. The lowest BCUT2D eigenvalue weighted by Gasteiger charge is -2.12. The second kappa shape index (κ2) is 9.66. The molecule has 0 spiro atoms. The number of nitrogens with one attached hydrogen (secondary N) is 2. The minimum atomic E-state index is -3.19. The van der Waals surface area contributed by atoms with Crippen molar-refractivity contribution in [2.75, 3.05) is 33.0 Å². The Labute approximate surface area is 138 Å². The van der Waals surface area contributed by atoms with Crippen LogP contribution in [0.4, 0.5) is 0 Å². The van der Waals surface area contributed by atoms with Crippen LogP contribution in [0.5, 0.6) is 5.75 Å². The van der Waals surface area contributed by atoms with Crippen molar-refractivity contribution in [3.05, 3.63) is 24.3 Å². The maximum atomic E-state index is 11.6. The van der Waals surface area contributed by atoms with Crippen molar-refractivity contribution < 1.29 is 17.9 Å². The fourth-order valence-electron chi connectivity index (χ4n) is 1.70. The number of hydrogen-bond acceptors (Lipinski definition) is 5. The summed E-state index contributed by atoms with van der Waals surface area (Å²) in [6.07, 6.45) is 1.16. The lowest BCUT2D eigenvalue weighted by atomic mass is 10.1. The van der Waals surface area contributed by atoms with Crippen LogP contribution in [0.25, 0.3) is 0 Å². The first-order valence-electron chi connectivity index (χ1n) is 6.70. The molecule has 0 aliphatic carbocycles. The summed E-state index contributed by atoms with van der Waals surface area (Å²) >= 11 is 0. The van der Waals surface area contributed by atoms with Crippen LogP contribution in [0.15, 0.2) is 29.2 Å². The number of benzene rings is 1. The number of carbonyl (C=O) groups excluding carboxylic acids is 1. The lowest BCUT2D eigenvalue weighted by Crippen LogP contribution is -2.36. The second-order valence-corrected chi connectivity index (χ2v) is 6.86. The Morgan fingerprint density at radius 3 is 2.36 bits per heavy atom. The average molecular weight is 351 g/mol. The van der Waals surface area contributed by atoms with Crippen LogP contribution in [-0.4, -0.2) is 47.3 Å². The van der Waals surface area contributed by atoms with Gasteiger partial charge in [0.1, 0.15) is 12.4 Å². The first-order chi connectivity index (χ1) is 9.84. The van der Waals surface area contributed by atoms with Crippen molar-refractivity contribution in [2.45, 2.75) is 11.8 Å². The van der Waals surface area contributed by atoms with Gasteiger partial charge in [-0.15, -0.1) is 12.4 Å². The van der Waals surface area contributed by atoms with Crippen molar-refractivity contribution in [1.82, 2.24) is 10.6 Å². The Morgan fingerprint density at radius 1 is 1.27 bits per heavy atom. The molecule has 0 radical (unpaired) electrons. The zero-order valence-corrected chi connectivity index (χ0v) is 14.6. The molecule has 2 N–H and O–H groups in total. The smallest absolute Gasteiger partial charge is 0.224 e. The molecule has 0 aliphatic rings. The largest absolute Gasteiger partial charge is 0.492 e. The van der Waals surface area contributed by atoms with Crippen LogP contribution >= 0.6 is 12.4 Å². The molecule has 22 heavy (non-hydrogen) atoms. The maximum absolute atomic E-state index is 11.6. The Kier molecular flexibility index (Phi) is 9.08. The quantitative estimate of drug-likeness (QED) is 0.679. The van der Waals surface area contributed by atoms with Crippen LogP contribution in [0.2, 0.25) is 0 Å². The van der Waals surface area contributed by atoms with Gasteiger partial charge in [0.15, 0.2) is 9.84 Å². The second-order valence-electron chi connectivity index (χ2n) is 4.84. The van der Waals surface area contributed by atoms with Gasteiger partial charge >= 0.3 is 0 Å². The molecule has 1 aromatic rings. The average Bonchev–Trinajstić information content (AvgIpc) is 2.43. The number of amides is 1. The van der Waals surface area contributed by atoms with Crippen molar-refractivity contribution in [1.29, 1.82) is 0 Å². The van der Waals surface area contributed by atoms with E-state index in [0.29, 0.717) is 25.4 Å². The Bertz CT molecular complexity index is 561. The minimum absolute atomic E-state index is 0. The first kappa shape index (κ1) is 20.7. The molecular weight excluding hydrogens is 328 g/mol. The summed E-state index contributed by atoms with van der Waals surface area (Å²) in [6.45, 7) is 3.20. The zero-order chi connectivity index (χ0) is 15.9. The predicted octanol–water partition coefficient (Wildman–Crippen LogP) is 0.862. The number of hydrogen-bond donors (Lipinski definition) is 2. The van der Waals surface area contributed by atoms with Gasteiger partial charge in [0.2, 0.25) is 5.91 Å². The van der Waals surface area contributed by atoms with Gasteiger partial charge in [-0.1, -0.05) is 6.92 Å². The van der Waals surface area contributed by atoms with Crippen LogP contribution in [0.3, 0.4) is 0 Å². The number of ether oxygens (including phenoxy) is 1. The topological polar surface area (TPSA) is 84.5 Å². The van der Waals surface area contributed by atoms with Crippen LogP contribution in [0.1, 0.15) is 6.92 Å². The molecule has 0 saturated carbocycles. The maximum Gasteiger partial charge on any atom is 0.224 e. The van der Waals surface area contributed by atoms with Gasteiger partial charge in [-0.3, -0.25) is 4.79 Å². The lowest BCUT2D eigenvalue weighted by molar-refractivity contribution is -0.124. The summed E-state index contributed by atoms with van der Waals surface area (Å²) in [5, 5.41) is 5.71. The summed E-state index contributed by atoms with van der Waals surface area (Å²) in [6, 6.07) is 6.19. The molecule has 0 aromatic heterocycles. The molecule has 6 nitrogen and oxygen atoms in total. The Hall–Kier alpha value is -1.31. The van der Waals surface area contributed by atoms with E-state index in [1.54, 1.807) is 19.2 Å². The van der Waals surface area contributed by atoms with Crippen LogP contribution in [0, 0.1) is 5.92 Å². The van der Waals surface area contributed by atoms with Crippen molar-refractivity contribution in [3.8, 4) is 5.75 Å². The molecule has 1 atom stereocenters. The van der Waals surface area contributed by atoms with Crippen LogP contribution < -0.4 is 15.4 Å². The van der Waals surface area contributed by atoms with Crippen molar-refractivity contribution in [3.63, 3.8) is 0 Å². The molecule has 1 amide bonds. The van der Waals surface area contributed by atoms with E-state index in [2.05, 4.69) is 10.6 Å². The molecular formula is C14H23ClN2O4S. The third-order valence-corrected chi connectivity index (χ3v) is 4.01.